The molecule has 0 amide bonds. The minimum absolute atomic E-state index is 0.0370. The highest BCUT2D eigenvalue weighted by molar-refractivity contribution is 7.18. The lowest BCUT2D eigenvalue weighted by atomic mass is 10.3. The van der Waals surface area contributed by atoms with E-state index in [2.05, 4.69) is 5.10 Å². The number of carbonyl (C=O) groups excluding carboxylic acids is 1. The minimum Gasteiger partial charge on any atom is -0.291 e. The van der Waals surface area contributed by atoms with E-state index in [0.717, 1.165) is 5.56 Å². The predicted octanol–water partition coefficient (Wildman–Crippen LogP) is 2.79. The van der Waals surface area contributed by atoms with Crippen LogP contribution >= 0.6 is 22.9 Å². The van der Waals surface area contributed by atoms with Crippen LogP contribution in [0.2, 0.25) is 4.34 Å². The Morgan fingerprint density at radius 2 is 2.40 bits per heavy atom. The third-order valence-corrected chi connectivity index (χ3v) is 3.19. The number of rotatable bonds is 3. The lowest BCUT2D eigenvalue weighted by Gasteiger charge is -1.97. The molecule has 0 radical (unpaired) electrons. The van der Waals surface area contributed by atoms with Gasteiger partial charge in [-0.05, 0) is 24.6 Å². The lowest BCUT2D eigenvalue weighted by molar-refractivity contribution is 0.0971. The smallest absolute Gasteiger partial charge is 0.194 e. The number of halogens is 1. The maximum atomic E-state index is 11.7. The van der Waals surface area contributed by atoms with E-state index < -0.39 is 0 Å². The van der Waals surface area contributed by atoms with Crippen molar-refractivity contribution in [2.75, 3.05) is 0 Å². The fraction of sp³-hybridized carbons (Fsp3) is 0.200. The van der Waals surface area contributed by atoms with Gasteiger partial charge in [0.25, 0.3) is 0 Å². The number of nitrogens with zero attached hydrogens (tertiary/aromatic N) is 2. The molecule has 0 atom stereocenters. The maximum Gasteiger partial charge on any atom is 0.194 e. The molecule has 78 valence electrons. The number of aromatic nitrogens is 2. The highest BCUT2D eigenvalue weighted by Crippen LogP contribution is 2.22. The molecule has 3 nitrogen and oxygen atoms in total. The quantitative estimate of drug-likeness (QED) is 0.774. The van der Waals surface area contributed by atoms with Crippen molar-refractivity contribution >= 4 is 28.7 Å². The Morgan fingerprint density at radius 1 is 1.60 bits per heavy atom. The molecular weight excluding hydrogens is 232 g/mol. The van der Waals surface area contributed by atoms with Crippen LogP contribution in [-0.2, 0) is 6.54 Å². The normalized spacial score (nSPS) is 10.5. The molecule has 2 aromatic rings. The molecule has 2 rings (SSSR count). The van der Waals surface area contributed by atoms with Gasteiger partial charge < -0.3 is 0 Å². The first kappa shape index (κ1) is 10.4. The van der Waals surface area contributed by atoms with Crippen molar-refractivity contribution in [2.45, 2.75) is 13.5 Å². The molecule has 0 aliphatic carbocycles. The number of thiophene rings is 1. The van der Waals surface area contributed by atoms with E-state index in [1.165, 1.54) is 11.3 Å². The molecule has 0 N–H and O–H groups in total. The maximum absolute atomic E-state index is 11.7. The average molecular weight is 241 g/mol. The highest BCUT2D eigenvalue weighted by Gasteiger charge is 2.09. The summed E-state index contributed by atoms with van der Waals surface area (Å²) in [6.07, 6.45) is 3.57. The van der Waals surface area contributed by atoms with Crippen LogP contribution in [0.1, 0.15) is 15.2 Å². The standard InChI is InChI=1S/C10H9ClN2OS/c1-7-4-12-13(5-7)6-8(14)9-2-3-10(11)15-9/h2-5H,6H2,1H3. The molecule has 2 aromatic heterocycles. The fourth-order valence-electron chi connectivity index (χ4n) is 1.24. The second kappa shape index (κ2) is 4.16. The lowest BCUT2D eigenvalue weighted by Crippen LogP contribution is -2.09. The Morgan fingerprint density at radius 3 is 2.93 bits per heavy atom. The Hall–Kier alpha value is -1.13. The molecule has 0 spiro atoms. The van der Waals surface area contributed by atoms with Gasteiger partial charge in [0.1, 0.15) is 6.54 Å². The van der Waals surface area contributed by atoms with Gasteiger partial charge in [0.15, 0.2) is 5.78 Å². The molecule has 0 aliphatic heterocycles. The molecule has 0 aromatic carbocycles. The van der Waals surface area contributed by atoms with Gasteiger partial charge >= 0.3 is 0 Å². The van der Waals surface area contributed by atoms with E-state index >= 15 is 0 Å². The first-order valence-electron chi connectivity index (χ1n) is 4.43. The zero-order valence-corrected chi connectivity index (χ0v) is 9.68. The van der Waals surface area contributed by atoms with Crippen LogP contribution in [-0.4, -0.2) is 15.6 Å². The zero-order valence-electron chi connectivity index (χ0n) is 8.11. The third kappa shape index (κ3) is 2.46. The second-order valence-electron chi connectivity index (χ2n) is 3.24. The molecule has 0 saturated carbocycles. The van der Waals surface area contributed by atoms with Gasteiger partial charge in [0.2, 0.25) is 0 Å². The molecule has 0 aliphatic rings. The summed E-state index contributed by atoms with van der Waals surface area (Å²) < 4.78 is 2.26. The average Bonchev–Trinajstić information content (AvgIpc) is 2.75. The van der Waals surface area contributed by atoms with Crippen molar-refractivity contribution in [1.29, 1.82) is 0 Å². The monoisotopic (exact) mass is 240 g/mol. The van der Waals surface area contributed by atoms with E-state index in [1.54, 1.807) is 23.0 Å². The molecule has 0 unspecified atom stereocenters. The molecule has 2 heterocycles. The summed E-state index contributed by atoms with van der Waals surface area (Å²) in [5.74, 6) is 0.0370. The van der Waals surface area contributed by atoms with E-state index in [4.69, 9.17) is 11.6 Å². The predicted molar refractivity (Wildman–Crippen MR) is 60.6 cm³/mol. The van der Waals surface area contributed by atoms with E-state index in [-0.39, 0.29) is 12.3 Å². The SMILES string of the molecule is Cc1cnn(CC(=O)c2ccc(Cl)s2)c1. The molecular formula is C10H9ClN2OS. The summed E-state index contributed by atoms with van der Waals surface area (Å²) in [6.45, 7) is 2.21. The highest BCUT2D eigenvalue weighted by atomic mass is 35.5. The molecule has 0 fully saturated rings. The van der Waals surface area contributed by atoms with Gasteiger partial charge in [-0.25, -0.2) is 0 Å². The summed E-state index contributed by atoms with van der Waals surface area (Å²) >= 11 is 7.05. The summed E-state index contributed by atoms with van der Waals surface area (Å²) in [6, 6.07) is 3.47. The van der Waals surface area contributed by atoms with Crippen LogP contribution in [0.25, 0.3) is 0 Å². The Bertz CT molecular complexity index is 489. The Balaban J connectivity index is 2.10. The minimum atomic E-state index is 0.0370. The summed E-state index contributed by atoms with van der Waals surface area (Å²) in [7, 11) is 0. The van der Waals surface area contributed by atoms with Crippen LogP contribution in [0.4, 0.5) is 0 Å². The van der Waals surface area contributed by atoms with E-state index in [1.807, 2.05) is 13.1 Å². The van der Waals surface area contributed by atoms with Crippen LogP contribution in [0, 0.1) is 6.92 Å². The summed E-state index contributed by atoms with van der Waals surface area (Å²) in [4.78, 5) is 12.4. The molecule has 0 bridgehead atoms. The van der Waals surface area contributed by atoms with Crippen molar-refractivity contribution in [1.82, 2.24) is 9.78 Å². The summed E-state index contributed by atoms with van der Waals surface area (Å²) in [5.41, 5.74) is 1.05. The number of aryl methyl sites for hydroxylation is 1. The summed E-state index contributed by atoms with van der Waals surface area (Å²) in [5, 5.41) is 4.06. The van der Waals surface area contributed by atoms with Gasteiger partial charge in [-0.15, -0.1) is 11.3 Å². The van der Waals surface area contributed by atoms with Crippen LogP contribution < -0.4 is 0 Å². The fourth-order valence-corrected chi connectivity index (χ4v) is 2.22. The van der Waals surface area contributed by atoms with Crippen LogP contribution in [0.3, 0.4) is 0 Å². The second-order valence-corrected chi connectivity index (χ2v) is 4.96. The molecule has 5 heteroatoms. The van der Waals surface area contributed by atoms with Gasteiger partial charge in [-0.3, -0.25) is 9.48 Å². The Kier molecular flexibility index (Phi) is 2.88. The van der Waals surface area contributed by atoms with Gasteiger partial charge in [0, 0.05) is 6.20 Å². The van der Waals surface area contributed by atoms with E-state index in [0.29, 0.717) is 9.21 Å². The number of carbonyl (C=O) groups is 1. The third-order valence-electron chi connectivity index (χ3n) is 1.92. The molecule has 0 saturated heterocycles. The largest absolute Gasteiger partial charge is 0.291 e. The van der Waals surface area contributed by atoms with Crippen LogP contribution in [0.5, 0.6) is 0 Å². The Labute approximate surface area is 96.3 Å². The number of Topliss-reactive ketones (excluding diaryl/α,β-unsaturated/α-hetero) is 1. The van der Waals surface area contributed by atoms with E-state index in [9.17, 15) is 4.79 Å². The van der Waals surface area contributed by atoms with Crippen molar-refractivity contribution < 1.29 is 4.79 Å². The number of ketones is 1. The zero-order chi connectivity index (χ0) is 10.8. The van der Waals surface area contributed by atoms with Gasteiger partial charge in [-0.1, -0.05) is 11.6 Å². The topological polar surface area (TPSA) is 34.9 Å². The number of hydrogen-bond donors (Lipinski definition) is 0. The molecule has 15 heavy (non-hydrogen) atoms. The van der Waals surface area contributed by atoms with Crippen molar-refractivity contribution in [3.63, 3.8) is 0 Å². The van der Waals surface area contributed by atoms with Gasteiger partial charge in [-0.2, -0.15) is 5.10 Å². The van der Waals surface area contributed by atoms with Crippen molar-refractivity contribution in [2.24, 2.45) is 0 Å². The van der Waals surface area contributed by atoms with Crippen molar-refractivity contribution in [3.8, 4) is 0 Å². The van der Waals surface area contributed by atoms with Crippen molar-refractivity contribution in [3.05, 3.63) is 39.3 Å². The van der Waals surface area contributed by atoms with Gasteiger partial charge in [0.05, 0.1) is 15.4 Å². The van der Waals surface area contributed by atoms with Crippen LogP contribution in [0.15, 0.2) is 24.5 Å². The number of hydrogen-bond acceptors (Lipinski definition) is 3. The first-order chi connectivity index (χ1) is 7.15. The first-order valence-corrected chi connectivity index (χ1v) is 5.62.